The number of carbonyl (C=O) groups excluding carboxylic acids is 1. The number of hydrogen-bond acceptors (Lipinski definition) is 3. The fourth-order valence-corrected chi connectivity index (χ4v) is 2.49. The molecule has 3 atom stereocenters. The van der Waals surface area contributed by atoms with Gasteiger partial charge in [0.25, 0.3) is 0 Å². The monoisotopic (exact) mass is 291 g/mol. The summed E-state index contributed by atoms with van der Waals surface area (Å²) in [6, 6.07) is 10.1. The van der Waals surface area contributed by atoms with Gasteiger partial charge in [0, 0.05) is 6.54 Å². The molecule has 1 heterocycles. The van der Waals surface area contributed by atoms with Crippen molar-refractivity contribution in [1.82, 2.24) is 5.32 Å². The molecular weight excluding hydrogens is 270 g/mol. The van der Waals surface area contributed by atoms with E-state index in [1.807, 2.05) is 18.2 Å². The predicted molar refractivity (Wildman–Crippen MR) is 78.0 cm³/mol. The number of amides is 1. The third-order valence-corrected chi connectivity index (χ3v) is 3.83. The zero-order chi connectivity index (χ0) is 15.2. The minimum Gasteiger partial charge on any atom is -0.479 e. The van der Waals surface area contributed by atoms with Crippen molar-refractivity contribution >= 4 is 11.9 Å². The first-order chi connectivity index (χ1) is 10.1. The third-order valence-electron chi connectivity index (χ3n) is 3.83. The molecule has 5 heteroatoms. The zero-order valence-electron chi connectivity index (χ0n) is 12.1. The second kappa shape index (κ2) is 7.22. The molecule has 0 saturated carbocycles. The minimum atomic E-state index is -0.997. The van der Waals surface area contributed by atoms with E-state index in [0.29, 0.717) is 25.3 Å². The van der Waals surface area contributed by atoms with Gasteiger partial charge in [0.2, 0.25) is 5.91 Å². The molecule has 0 aromatic heterocycles. The summed E-state index contributed by atoms with van der Waals surface area (Å²) < 4.78 is 5.22. The molecule has 0 aliphatic carbocycles. The highest BCUT2D eigenvalue weighted by molar-refractivity contribution is 5.82. The summed E-state index contributed by atoms with van der Waals surface area (Å²) in [5.41, 5.74) is 1.25. The highest BCUT2D eigenvalue weighted by Crippen LogP contribution is 2.20. The summed E-state index contributed by atoms with van der Waals surface area (Å²) in [7, 11) is 0. The van der Waals surface area contributed by atoms with Crippen molar-refractivity contribution in [2.24, 2.45) is 0 Å². The fraction of sp³-hybridized carbons (Fsp3) is 0.500. The molecule has 1 amide bonds. The Bertz CT molecular complexity index is 488. The van der Waals surface area contributed by atoms with Crippen molar-refractivity contribution < 1.29 is 19.4 Å². The Labute approximate surface area is 124 Å². The maximum atomic E-state index is 11.9. The van der Waals surface area contributed by atoms with Gasteiger partial charge in [-0.25, -0.2) is 4.79 Å². The van der Waals surface area contributed by atoms with Crippen LogP contribution in [0.2, 0.25) is 0 Å². The highest BCUT2D eigenvalue weighted by Gasteiger charge is 2.34. The van der Waals surface area contributed by atoms with Crippen LogP contribution in [0.25, 0.3) is 0 Å². The van der Waals surface area contributed by atoms with E-state index in [1.54, 1.807) is 0 Å². The number of rotatable bonds is 6. The third kappa shape index (κ3) is 4.29. The SMILES string of the molecule is CC(CCNC(=O)C1CCC(C(=O)O)O1)c1ccccc1. The average molecular weight is 291 g/mol. The van der Waals surface area contributed by atoms with Crippen molar-refractivity contribution in [1.29, 1.82) is 0 Å². The van der Waals surface area contributed by atoms with Gasteiger partial charge in [0.1, 0.15) is 6.10 Å². The van der Waals surface area contributed by atoms with E-state index in [4.69, 9.17) is 9.84 Å². The molecule has 1 saturated heterocycles. The molecule has 5 nitrogen and oxygen atoms in total. The summed E-state index contributed by atoms with van der Waals surface area (Å²) in [6.07, 6.45) is 0.234. The van der Waals surface area contributed by atoms with Gasteiger partial charge in [-0.2, -0.15) is 0 Å². The fourth-order valence-electron chi connectivity index (χ4n) is 2.49. The average Bonchev–Trinajstić information content (AvgIpc) is 2.98. The van der Waals surface area contributed by atoms with Crippen LogP contribution in [0.15, 0.2) is 30.3 Å². The maximum absolute atomic E-state index is 11.9. The molecule has 3 unspecified atom stereocenters. The number of nitrogens with one attached hydrogen (secondary N) is 1. The highest BCUT2D eigenvalue weighted by atomic mass is 16.5. The van der Waals surface area contributed by atoms with Gasteiger partial charge in [-0.3, -0.25) is 4.79 Å². The minimum absolute atomic E-state index is 0.209. The lowest BCUT2D eigenvalue weighted by Crippen LogP contribution is -2.36. The van der Waals surface area contributed by atoms with Crippen LogP contribution in [0.5, 0.6) is 0 Å². The van der Waals surface area contributed by atoms with Gasteiger partial charge >= 0.3 is 5.97 Å². The van der Waals surface area contributed by atoms with Gasteiger partial charge in [-0.05, 0) is 30.7 Å². The number of hydrogen-bond donors (Lipinski definition) is 2. The van der Waals surface area contributed by atoms with E-state index in [9.17, 15) is 9.59 Å². The Morgan fingerprint density at radius 1 is 1.29 bits per heavy atom. The van der Waals surface area contributed by atoms with E-state index in [-0.39, 0.29) is 5.91 Å². The van der Waals surface area contributed by atoms with Crippen molar-refractivity contribution in [3.63, 3.8) is 0 Å². The zero-order valence-corrected chi connectivity index (χ0v) is 12.1. The van der Waals surface area contributed by atoms with E-state index in [2.05, 4.69) is 24.4 Å². The Morgan fingerprint density at radius 3 is 2.57 bits per heavy atom. The van der Waals surface area contributed by atoms with Gasteiger partial charge in [0.15, 0.2) is 6.10 Å². The lowest BCUT2D eigenvalue weighted by Gasteiger charge is -2.14. The standard InChI is InChI=1S/C16H21NO4/c1-11(12-5-3-2-4-6-12)9-10-17-15(18)13-7-8-14(21-13)16(19)20/h2-6,11,13-14H,7-10H2,1H3,(H,17,18)(H,19,20). The van der Waals surface area contributed by atoms with Gasteiger partial charge < -0.3 is 15.2 Å². The van der Waals surface area contributed by atoms with Crippen LogP contribution >= 0.6 is 0 Å². The first kappa shape index (κ1) is 15.5. The number of aliphatic carboxylic acids is 1. The Hall–Kier alpha value is -1.88. The number of carboxylic acids is 1. The molecule has 0 bridgehead atoms. The first-order valence-corrected chi connectivity index (χ1v) is 7.29. The summed E-state index contributed by atoms with van der Waals surface area (Å²) >= 11 is 0. The largest absolute Gasteiger partial charge is 0.479 e. The topological polar surface area (TPSA) is 75.6 Å². The summed E-state index contributed by atoms with van der Waals surface area (Å²) in [5, 5.41) is 11.7. The Morgan fingerprint density at radius 2 is 1.95 bits per heavy atom. The number of benzene rings is 1. The van der Waals surface area contributed by atoms with Crippen molar-refractivity contribution in [2.75, 3.05) is 6.54 Å². The molecular formula is C16H21NO4. The molecule has 1 aliphatic heterocycles. The quantitative estimate of drug-likeness (QED) is 0.839. The molecule has 0 radical (unpaired) electrons. The van der Waals surface area contributed by atoms with E-state index < -0.39 is 18.2 Å². The van der Waals surface area contributed by atoms with Crippen molar-refractivity contribution in [3.8, 4) is 0 Å². The predicted octanol–water partition coefficient (Wildman–Crippen LogP) is 1.93. The van der Waals surface area contributed by atoms with Crippen molar-refractivity contribution in [3.05, 3.63) is 35.9 Å². The van der Waals surface area contributed by atoms with Gasteiger partial charge in [0.05, 0.1) is 0 Å². The van der Waals surface area contributed by atoms with Crippen LogP contribution in [-0.2, 0) is 14.3 Å². The lowest BCUT2D eigenvalue weighted by molar-refractivity contribution is -0.151. The molecule has 2 rings (SSSR count). The number of carbonyl (C=O) groups is 2. The van der Waals surface area contributed by atoms with Gasteiger partial charge in [-0.1, -0.05) is 37.3 Å². The molecule has 1 fully saturated rings. The van der Waals surface area contributed by atoms with Crippen LogP contribution in [-0.4, -0.2) is 35.7 Å². The van der Waals surface area contributed by atoms with E-state index in [0.717, 1.165) is 6.42 Å². The van der Waals surface area contributed by atoms with Crippen LogP contribution in [0.4, 0.5) is 0 Å². The number of carboxylic acid groups (broad SMARTS) is 1. The molecule has 1 aliphatic rings. The summed E-state index contributed by atoms with van der Waals surface area (Å²) in [4.78, 5) is 22.7. The smallest absolute Gasteiger partial charge is 0.332 e. The van der Waals surface area contributed by atoms with Gasteiger partial charge in [-0.15, -0.1) is 0 Å². The Balaban J connectivity index is 1.71. The van der Waals surface area contributed by atoms with Crippen LogP contribution in [0.3, 0.4) is 0 Å². The normalized spacial score (nSPS) is 22.7. The van der Waals surface area contributed by atoms with Crippen LogP contribution < -0.4 is 5.32 Å². The Kier molecular flexibility index (Phi) is 5.33. The summed E-state index contributed by atoms with van der Waals surface area (Å²) in [6.45, 7) is 2.68. The molecule has 1 aromatic rings. The van der Waals surface area contributed by atoms with E-state index in [1.165, 1.54) is 5.56 Å². The summed E-state index contributed by atoms with van der Waals surface area (Å²) in [5.74, 6) is -0.843. The maximum Gasteiger partial charge on any atom is 0.332 e. The molecule has 114 valence electrons. The number of ether oxygens (including phenoxy) is 1. The molecule has 21 heavy (non-hydrogen) atoms. The van der Waals surface area contributed by atoms with E-state index >= 15 is 0 Å². The molecule has 2 N–H and O–H groups in total. The van der Waals surface area contributed by atoms with Crippen molar-refractivity contribution in [2.45, 2.75) is 44.3 Å². The first-order valence-electron chi connectivity index (χ1n) is 7.29. The van der Waals surface area contributed by atoms with Crippen LogP contribution in [0.1, 0.15) is 37.7 Å². The molecule has 0 spiro atoms. The second-order valence-electron chi connectivity index (χ2n) is 5.42. The van der Waals surface area contributed by atoms with Crippen LogP contribution in [0, 0.1) is 0 Å². The molecule has 1 aromatic carbocycles. The second-order valence-corrected chi connectivity index (χ2v) is 5.42. The lowest BCUT2D eigenvalue weighted by atomic mass is 9.98.